The lowest BCUT2D eigenvalue weighted by atomic mass is 10.1. The van der Waals surface area contributed by atoms with Gasteiger partial charge in [0.1, 0.15) is 5.82 Å². The van der Waals surface area contributed by atoms with E-state index in [1.165, 1.54) is 34.2 Å². The zero-order chi connectivity index (χ0) is 26.5. The summed E-state index contributed by atoms with van der Waals surface area (Å²) in [5.41, 5.74) is 0.970. The molecule has 0 aliphatic carbocycles. The summed E-state index contributed by atoms with van der Waals surface area (Å²) in [6.45, 7) is 5.62. The first-order valence-electron chi connectivity index (χ1n) is 12.4. The fraction of sp³-hybridized carbons (Fsp3) is 0.480. The van der Waals surface area contributed by atoms with Crippen LogP contribution in [0.1, 0.15) is 37.4 Å². The molecule has 1 aliphatic rings. The minimum atomic E-state index is -4.42. The van der Waals surface area contributed by atoms with E-state index in [0.29, 0.717) is 55.4 Å². The van der Waals surface area contributed by atoms with Crippen LogP contribution in [0.3, 0.4) is 0 Å². The number of hydrogen-bond acceptors (Lipinski definition) is 5. The summed E-state index contributed by atoms with van der Waals surface area (Å²) in [6, 6.07) is 8.63. The number of aromatic nitrogens is 2. The number of imidazole rings is 1. The van der Waals surface area contributed by atoms with E-state index in [2.05, 4.69) is 26.5 Å². The lowest BCUT2D eigenvalue weighted by molar-refractivity contribution is -0.137. The van der Waals surface area contributed by atoms with Gasteiger partial charge in [0.15, 0.2) is 0 Å². The van der Waals surface area contributed by atoms with Gasteiger partial charge in [-0.3, -0.25) is 0 Å². The molecule has 12 heteroatoms. The molecule has 3 heterocycles. The first-order valence-corrected chi connectivity index (χ1v) is 14.8. The third kappa shape index (κ3) is 7.20. The minimum Gasteiger partial charge on any atom is -0.341 e. The standard InChI is InChI=1S/C25H32F3N5O2S2/c1-2-3-4-13-32-14-16-33(17-15-32)37(34,35)29-12-11-21-23(31-24(30-21)22-6-5-18-36-22)19-7-9-20(10-8-19)25(26,27)28/h5-10,18,29H,2-4,11-17H2,1H3,(H,30,31). The molecule has 2 N–H and O–H groups in total. The molecule has 0 radical (unpaired) electrons. The highest BCUT2D eigenvalue weighted by molar-refractivity contribution is 7.87. The van der Waals surface area contributed by atoms with E-state index in [0.717, 1.165) is 36.4 Å². The van der Waals surface area contributed by atoms with Gasteiger partial charge in [0.05, 0.1) is 16.1 Å². The molecule has 0 spiro atoms. The molecular weight excluding hydrogens is 523 g/mol. The molecule has 1 saturated heterocycles. The van der Waals surface area contributed by atoms with Crippen molar-refractivity contribution in [2.24, 2.45) is 0 Å². The quantitative estimate of drug-likeness (QED) is 0.326. The summed E-state index contributed by atoms with van der Waals surface area (Å²) in [7, 11) is -3.64. The summed E-state index contributed by atoms with van der Waals surface area (Å²) in [5.74, 6) is 0.599. The molecule has 4 rings (SSSR count). The summed E-state index contributed by atoms with van der Waals surface area (Å²) in [4.78, 5) is 11.1. The normalized spacial score (nSPS) is 15.9. The highest BCUT2D eigenvalue weighted by Crippen LogP contribution is 2.33. The van der Waals surface area contributed by atoms with Crippen LogP contribution in [0.25, 0.3) is 22.0 Å². The summed E-state index contributed by atoms with van der Waals surface area (Å²) < 4.78 is 69.0. The Balaban J connectivity index is 1.42. The predicted molar refractivity (Wildman–Crippen MR) is 141 cm³/mol. The second kappa shape index (κ2) is 12.1. The molecule has 0 amide bonds. The van der Waals surface area contributed by atoms with E-state index >= 15 is 0 Å². The Bertz CT molecular complexity index is 1230. The van der Waals surface area contributed by atoms with E-state index in [-0.39, 0.29) is 6.54 Å². The number of alkyl halides is 3. The maximum absolute atomic E-state index is 13.0. The lowest BCUT2D eigenvalue weighted by Crippen LogP contribution is -2.52. The van der Waals surface area contributed by atoms with Crippen molar-refractivity contribution in [1.29, 1.82) is 0 Å². The zero-order valence-electron chi connectivity index (χ0n) is 20.7. The van der Waals surface area contributed by atoms with Crippen LogP contribution in [0.5, 0.6) is 0 Å². The Morgan fingerprint density at radius 2 is 1.81 bits per heavy atom. The van der Waals surface area contributed by atoms with Crippen LogP contribution in [-0.4, -0.2) is 66.9 Å². The number of rotatable bonds is 11. The number of unbranched alkanes of at least 4 members (excludes halogenated alkanes) is 2. The van der Waals surface area contributed by atoms with Crippen LogP contribution in [0.4, 0.5) is 13.2 Å². The van der Waals surface area contributed by atoms with Crippen molar-refractivity contribution in [1.82, 2.24) is 23.9 Å². The van der Waals surface area contributed by atoms with Crippen LogP contribution < -0.4 is 4.72 Å². The van der Waals surface area contributed by atoms with Gasteiger partial charge in [0.25, 0.3) is 10.2 Å². The van der Waals surface area contributed by atoms with Crippen LogP contribution in [0.2, 0.25) is 0 Å². The second-order valence-corrected chi connectivity index (χ2v) is 11.8. The van der Waals surface area contributed by atoms with E-state index in [1.807, 2.05) is 17.5 Å². The molecule has 3 aromatic rings. The monoisotopic (exact) mass is 555 g/mol. The Morgan fingerprint density at radius 3 is 2.43 bits per heavy atom. The highest BCUT2D eigenvalue weighted by Gasteiger charge is 2.30. The number of hydrogen-bond donors (Lipinski definition) is 2. The van der Waals surface area contributed by atoms with Crippen molar-refractivity contribution in [2.75, 3.05) is 39.3 Å². The molecule has 0 unspecified atom stereocenters. The number of aromatic amines is 1. The first-order chi connectivity index (χ1) is 17.7. The average Bonchev–Trinajstić information content (AvgIpc) is 3.54. The molecule has 1 aromatic carbocycles. The SMILES string of the molecule is CCCCCN1CCN(S(=O)(=O)NCCc2[nH]c(-c3cccs3)nc2-c2ccc(C(F)(F)F)cc2)CC1. The van der Waals surface area contributed by atoms with Gasteiger partial charge in [0, 0.05) is 50.4 Å². The van der Waals surface area contributed by atoms with Crippen LogP contribution in [0, 0.1) is 0 Å². The summed E-state index contributed by atoms with van der Waals surface area (Å²) in [6.07, 6.45) is -0.653. The molecule has 0 bridgehead atoms. The van der Waals surface area contributed by atoms with Crippen LogP contribution in [-0.2, 0) is 22.8 Å². The molecule has 0 atom stereocenters. The highest BCUT2D eigenvalue weighted by atomic mass is 32.2. The Kier molecular flexibility index (Phi) is 9.07. The molecule has 37 heavy (non-hydrogen) atoms. The van der Waals surface area contributed by atoms with Crippen molar-refractivity contribution < 1.29 is 21.6 Å². The van der Waals surface area contributed by atoms with Gasteiger partial charge in [0.2, 0.25) is 0 Å². The first kappa shape index (κ1) is 27.8. The van der Waals surface area contributed by atoms with Gasteiger partial charge >= 0.3 is 6.18 Å². The predicted octanol–water partition coefficient (Wildman–Crippen LogP) is 5.01. The van der Waals surface area contributed by atoms with Gasteiger partial charge in [-0.05, 0) is 36.5 Å². The maximum Gasteiger partial charge on any atom is 0.416 e. The zero-order valence-corrected chi connectivity index (χ0v) is 22.4. The largest absolute Gasteiger partial charge is 0.416 e. The molecular formula is C25H32F3N5O2S2. The fourth-order valence-corrected chi connectivity index (χ4v) is 6.21. The Morgan fingerprint density at radius 1 is 1.08 bits per heavy atom. The Labute approximate surface area is 219 Å². The molecule has 0 saturated carbocycles. The number of nitrogens with one attached hydrogen (secondary N) is 2. The number of H-pyrrole nitrogens is 1. The van der Waals surface area contributed by atoms with Crippen LogP contribution >= 0.6 is 11.3 Å². The van der Waals surface area contributed by atoms with Crippen LogP contribution in [0.15, 0.2) is 41.8 Å². The Hall–Kier alpha value is -2.25. The van der Waals surface area contributed by atoms with E-state index in [4.69, 9.17) is 0 Å². The summed E-state index contributed by atoms with van der Waals surface area (Å²) in [5, 5.41) is 1.91. The molecule has 7 nitrogen and oxygen atoms in total. The van der Waals surface area contributed by atoms with E-state index in [1.54, 1.807) is 0 Å². The number of nitrogens with zero attached hydrogens (tertiary/aromatic N) is 3. The number of halogens is 3. The lowest BCUT2D eigenvalue weighted by Gasteiger charge is -2.33. The van der Waals surface area contributed by atoms with Gasteiger partial charge in [-0.15, -0.1) is 11.3 Å². The van der Waals surface area contributed by atoms with E-state index < -0.39 is 21.9 Å². The molecule has 1 fully saturated rings. The minimum absolute atomic E-state index is 0.138. The maximum atomic E-state index is 13.0. The van der Waals surface area contributed by atoms with Crippen molar-refractivity contribution in [3.63, 3.8) is 0 Å². The average molecular weight is 556 g/mol. The smallest absolute Gasteiger partial charge is 0.341 e. The molecule has 1 aliphatic heterocycles. The second-order valence-electron chi connectivity index (χ2n) is 9.06. The molecule has 2 aromatic heterocycles. The summed E-state index contributed by atoms with van der Waals surface area (Å²) >= 11 is 1.49. The third-order valence-corrected chi connectivity index (χ3v) is 8.92. The topological polar surface area (TPSA) is 81.3 Å². The fourth-order valence-electron chi connectivity index (χ4n) is 4.35. The van der Waals surface area contributed by atoms with Crippen molar-refractivity contribution in [3.05, 3.63) is 53.0 Å². The van der Waals surface area contributed by atoms with Crippen molar-refractivity contribution in [2.45, 2.75) is 38.8 Å². The van der Waals surface area contributed by atoms with Gasteiger partial charge in [-0.25, -0.2) is 9.71 Å². The van der Waals surface area contributed by atoms with E-state index in [9.17, 15) is 21.6 Å². The number of piperazine rings is 1. The number of benzene rings is 1. The number of thiophene rings is 1. The van der Waals surface area contributed by atoms with Crippen molar-refractivity contribution >= 4 is 21.5 Å². The molecule has 202 valence electrons. The third-order valence-electron chi connectivity index (χ3n) is 6.43. The van der Waals surface area contributed by atoms with Gasteiger partial charge in [-0.2, -0.15) is 25.9 Å². The van der Waals surface area contributed by atoms with Gasteiger partial charge in [-0.1, -0.05) is 38.0 Å². The van der Waals surface area contributed by atoms with Gasteiger partial charge < -0.3 is 9.88 Å². The van der Waals surface area contributed by atoms with Crippen molar-refractivity contribution in [3.8, 4) is 22.0 Å².